The fourth-order valence-electron chi connectivity index (χ4n) is 2.48. The minimum atomic E-state index is -0.725. The normalized spacial score (nSPS) is 10.9. The van der Waals surface area contributed by atoms with Crippen LogP contribution in [0.25, 0.3) is 22.6 Å². The highest BCUT2D eigenvalue weighted by Crippen LogP contribution is 2.31. The SMILES string of the molecule is O=C(Nc1cc(-c2nc3ccccc3o2)ccc1Cl)c1ccc([N+](=O)[O-])o1. The van der Waals surface area contributed by atoms with E-state index in [9.17, 15) is 14.9 Å². The molecule has 0 unspecified atom stereocenters. The maximum absolute atomic E-state index is 12.3. The van der Waals surface area contributed by atoms with Crippen LogP contribution >= 0.6 is 11.6 Å². The minimum Gasteiger partial charge on any atom is -0.436 e. The van der Waals surface area contributed by atoms with Crippen LogP contribution in [-0.4, -0.2) is 15.8 Å². The van der Waals surface area contributed by atoms with Crippen LogP contribution in [0.5, 0.6) is 0 Å². The van der Waals surface area contributed by atoms with Crippen LogP contribution in [0.15, 0.2) is 63.4 Å². The van der Waals surface area contributed by atoms with Gasteiger partial charge in [-0.05, 0) is 36.4 Å². The van der Waals surface area contributed by atoms with Gasteiger partial charge in [0.15, 0.2) is 11.3 Å². The molecule has 0 spiro atoms. The number of fused-ring (bicyclic) bond motifs is 1. The molecule has 4 aromatic rings. The highest BCUT2D eigenvalue weighted by Gasteiger charge is 2.19. The summed E-state index contributed by atoms with van der Waals surface area (Å²) in [7, 11) is 0. The molecule has 0 radical (unpaired) electrons. The molecule has 0 atom stereocenters. The number of amides is 1. The second-order valence-corrected chi connectivity index (χ2v) is 5.94. The number of hydrogen-bond acceptors (Lipinski definition) is 6. The van der Waals surface area contributed by atoms with E-state index in [0.717, 1.165) is 6.07 Å². The van der Waals surface area contributed by atoms with Gasteiger partial charge in [0.2, 0.25) is 5.89 Å². The third-order valence-corrected chi connectivity index (χ3v) is 4.08. The van der Waals surface area contributed by atoms with Gasteiger partial charge in [-0.15, -0.1) is 0 Å². The summed E-state index contributed by atoms with van der Waals surface area (Å²) >= 11 is 6.14. The smallest absolute Gasteiger partial charge is 0.433 e. The van der Waals surface area contributed by atoms with E-state index < -0.39 is 16.7 Å². The molecule has 0 aliphatic heterocycles. The Morgan fingerprint density at radius 3 is 2.67 bits per heavy atom. The van der Waals surface area contributed by atoms with Gasteiger partial charge in [-0.25, -0.2) is 4.98 Å². The van der Waals surface area contributed by atoms with Crippen molar-refractivity contribution in [1.82, 2.24) is 4.98 Å². The van der Waals surface area contributed by atoms with Gasteiger partial charge >= 0.3 is 5.88 Å². The van der Waals surface area contributed by atoms with E-state index in [-0.39, 0.29) is 10.8 Å². The summed E-state index contributed by atoms with van der Waals surface area (Å²) in [6, 6.07) is 14.5. The van der Waals surface area contributed by atoms with Crippen molar-refractivity contribution >= 4 is 40.2 Å². The summed E-state index contributed by atoms with van der Waals surface area (Å²) < 4.78 is 10.6. The highest BCUT2D eigenvalue weighted by molar-refractivity contribution is 6.34. The monoisotopic (exact) mass is 383 g/mol. The first-order valence-electron chi connectivity index (χ1n) is 7.72. The Kier molecular flexibility index (Phi) is 4.09. The number of nitrogens with zero attached hydrogens (tertiary/aromatic N) is 2. The molecule has 0 bridgehead atoms. The predicted molar refractivity (Wildman–Crippen MR) is 97.8 cm³/mol. The Hall–Kier alpha value is -3.65. The molecule has 0 aliphatic carbocycles. The molecule has 134 valence electrons. The number of para-hydroxylation sites is 2. The molecule has 2 aromatic heterocycles. The number of nitro groups is 1. The van der Waals surface area contributed by atoms with Crippen molar-refractivity contribution in [2.45, 2.75) is 0 Å². The molecular weight excluding hydrogens is 374 g/mol. The molecule has 0 saturated carbocycles. The van der Waals surface area contributed by atoms with Crippen molar-refractivity contribution in [3.05, 3.63) is 75.5 Å². The third-order valence-electron chi connectivity index (χ3n) is 3.75. The number of benzene rings is 2. The Bertz CT molecular complexity index is 1150. The molecule has 8 nitrogen and oxygen atoms in total. The lowest BCUT2D eigenvalue weighted by atomic mass is 10.2. The van der Waals surface area contributed by atoms with Crippen LogP contribution in [0.3, 0.4) is 0 Å². The van der Waals surface area contributed by atoms with Crippen LogP contribution in [0.4, 0.5) is 11.6 Å². The van der Waals surface area contributed by atoms with Crippen molar-refractivity contribution in [3.63, 3.8) is 0 Å². The number of anilines is 1. The molecule has 1 N–H and O–H groups in total. The number of carbonyl (C=O) groups is 1. The average molecular weight is 384 g/mol. The molecule has 1 amide bonds. The first-order valence-corrected chi connectivity index (χ1v) is 8.10. The Morgan fingerprint density at radius 2 is 1.93 bits per heavy atom. The molecule has 9 heteroatoms. The number of rotatable bonds is 4. The number of furan rings is 1. The summed E-state index contributed by atoms with van der Waals surface area (Å²) in [6.45, 7) is 0. The Morgan fingerprint density at radius 1 is 1.11 bits per heavy atom. The average Bonchev–Trinajstić information content (AvgIpc) is 3.30. The van der Waals surface area contributed by atoms with Gasteiger partial charge in [0.05, 0.1) is 16.8 Å². The first kappa shape index (κ1) is 16.8. The van der Waals surface area contributed by atoms with Gasteiger partial charge in [-0.3, -0.25) is 14.9 Å². The second kappa shape index (κ2) is 6.58. The van der Waals surface area contributed by atoms with Crippen molar-refractivity contribution in [3.8, 4) is 11.5 Å². The number of carbonyl (C=O) groups excluding carboxylic acids is 1. The molecule has 0 saturated heterocycles. The first-order chi connectivity index (χ1) is 13.0. The number of hydrogen-bond donors (Lipinski definition) is 1. The summed E-state index contributed by atoms with van der Waals surface area (Å²) in [5, 5.41) is 13.5. The van der Waals surface area contributed by atoms with E-state index in [4.69, 9.17) is 20.4 Å². The highest BCUT2D eigenvalue weighted by atomic mass is 35.5. The van der Waals surface area contributed by atoms with E-state index in [2.05, 4.69) is 10.3 Å². The zero-order chi connectivity index (χ0) is 19.0. The van der Waals surface area contributed by atoms with Crippen LogP contribution in [0.2, 0.25) is 5.02 Å². The molecular formula is C18H10ClN3O5. The lowest BCUT2D eigenvalue weighted by Crippen LogP contribution is -2.11. The van der Waals surface area contributed by atoms with Gasteiger partial charge in [0, 0.05) is 5.56 Å². The van der Waals surface area contributed by atoms with E-state index in [0.29, 0.717) is 28.2 Å². The van der Waals surface area contributed by atoms with Crippen LogP contribution in [0, 0.1) is 10.1 Å². The van der Waals surface area contributed by atoms with Gasteiger partial charge < -0.3 is 14.2 Å². The molecule has 2 heterocycles. The van der Waals surface area contributed by atoms with Crippen molar-refractivity contribution < 1.29 is 18.6 Å². The molecule has 4 rings (SSSR count). The predicted octanol–water partition coefficient (Wildman–Crippen LogP) is 4.90. The molecule has 2 aromatic carbocycles. The Labute approximate surface area is 156 Å². The molecule has 0 fully saturated rings. The van der Waals surface area contributed by atoms with E-state index in [1.807, 2.05) is 18.2 Å². The van der Waals surface area contributed by atoms with Crippen molar-refractivity contribution in [1.29, 1.82) is 0 Å². The van der Waals surface area contributed by atoms with Crippen molar-refractivity contribution in [2.24, 2.45) is 0 Å². The van der Waals surface area contributed by atoms with Crippen LogP contribution in [-0.2, 0) is 0 Å². The summed E-state index contributed by atoms with van der Waals surface area (Å²) in [6.07, 6.45) is 0. The van der Waals surface area contributed by atoms with E-state index in [1.165, 1.54) is 6.07 Å². The fourth-order valence-corrected chi connectivity index (χ4v) is 2.65. The van der Waals surface area contributed by atoms with Crippen LogP contribution < -0.4 is 5.32 Å². The number of oxazole rings is 1. The number of aromatic nitrogens is 1. The number of halogens is 1. The lowest BCUT2D eigenvalue weighted by Gasteiger charge is -2.07. The zero-order valence-electron chi connectivity index (χ0n) is 13.5. The minimum absolute atomic E-state index is 0.204. The zero-order valence-corrected chi connectivity index (χ0v) is 14.3. The van der Waals surface area contributed by atoms with Gasteiger partial charge in [-0.2, -0.15) is 0 Å². The second-order valence-electron chi connectivity index (χ2n) is 5.53. The summed E-state index contributed by atoms with van der Waals surface area (Å²) in [4.78, 5) is 26.6. The Balaban J connectivity index is 1.63. The third kappa shape index (κ3) is 3.25. The number of nitrogens with one attached hydrogen (secondary N) is 1. The lowest BCUT2D eigenvalue weighted by molar-refractivity contribution is -0.402. The maximum Gasteiger partial charge on any atom is 0.433 e. The summed E-state index contributed by atoms with van der Waals surface area (Å²) in [5.74, 6) is -1.02. The maximum atomic E-state index is 12.3. The topological polar surface area (TPSA) is 111 Å². The van der Waals surface area contributed by atoms with E-state index >= 15 is 0 Å². The van der Waals surface area contributed by atoms with Gasteiger partial charge in [-0.1, -0.05) is 23.7 Å². The largest absolute Gasteiger partial charge is 0.436 e. The van der Waals surface area contributed by atoms with Crippen LogP contribution in [0.1, 0.15) is 10.6 Å². The van der Waals surface area contributed by atoms with E-state index in [1.54, 1.807) is 24.3 Å². The van der Waals surface area contributed by atoms with Crippen molar-refractivity contribution in [2.75, 3.05) is 5.32 Å². The fraction of sp³-hybridized carbons (Fsp3) is 0. The summed E-state index contributed by atoms with van der Waals surface area (Å²) in [5.41, 5.74) is 2.24. The standard InChI is InChI=1S/C18H10ClN3O5/c19-11-6-5-10(18-21-12-3-1-2-4-14(12)27-18)9-13(11)20-17(23)15-7-8-16(26-15)22(24)25/h1-9H,(H,20,23). The van der Waals surface area contributed by atoms with Gasteiger partial charge in [0.1, 0.15) is 10.4 Å². The molecule has 0 aliphatic rings. The quantitative estimate of drug-likeness (QED) is 0.396. The van der Waals surface area contributed by atoms with Gasteiger partial charge in [0.25, 0.3) is 5.91 Å². The molecule has 27 heavy (non-hydrogen) atoms.